The molecule has 1 aliphatic heterocycles. The third-order valence-electron chi connectivity index (χ3n) is 3.63. The summed E-state index contributed by atoms with van der Waals surface area (Å²) in [5.74, 6) is -0.0672. The molecule has 2 nitrogen and oxygen atoms in total. The predicted octanol–water partition coefficient (Wildman–Crippen LogP) is 4.41. The molecule has 0 bridgehead atoms. The van der Waals surface area contributed by atoms with Gasteiger partial charge in [-0.3, -0.25) is 0 Å². The molecule has 1 aliphatic rings. The van der Waals surface area contributed by atoms with Gasteiger partial charge in [0.05, 0.1) is 6.61 Å². The van der Waals surface area contributed by atoms with Crippen molar-refractivity contribution < 1.29 is 13.9 Å². The number of fused-ring (bicyclic) bond motifs is 1. The van der Waals surface area contributed by atoms with Crippen LogP contribution in [0.15, 0.2) is 42.5 Å². The molecule has 0 aromatic heterocycles. The molecular formula is C17H16BrFO2. The van der Waals surface area contributed by atoms with Crippen LogP contribution in [-0.4, -0.2) is 13.2 Å². The molecule has 1 unspecified atom stereocenters. The highest BCUT2D eigenvalue weighted by atomic mass is 79.9. The van der Waals surface area contributed by atoms with Crippen molar-refractivity contribution in [2.45, 2.75) is 17.9 Å². The van der Waals surface area contributed by atoms with Gasteiger partial charge in [-0.2, -0.15) is 0 Å². The maximum atomic E-state index is 13.9. The molecule has 0 fully saturated rings. The second-order valence-electron chi connectivity index (χ2n) is 5.02. The molecule has 4 heteroatoms. The first-order chi connectivity index (χ1) is 10.3. The highest BCUT2D eigenvalue weighted by Gasteiger charge is 2.21. The molecule has 0 aliphatic carbocycles. The number of alkyl halides is 1. The average Bonchev–Trinajstić information content (AvgIpc) is 2.53. The first-order valence-electron chi connectivity index (χ1n) is 6.94. The van der Waals surface area contributed by atoms with Crippen LogP contribution < -0.4 is 4.74 Å². The van der Waals surface area contributed by atoms with Crippen LogP contribution in [0.3, 0.4) is 0 Å². The second kappa shape index (κ2) is 6.58. The quantitative estimate of drug-likeness (QED) is 0.760. The maximum Gasteiger partial charge on any atom is 0.165 e. The lowest BCUT2D eigenvalue weighted by molar-refractivity contribution is 0.00935. The summed E-state index contributed by atoms with van der Waals surface area (Å²) in [7, 11) is 0. The Balaban J connectivity index is 1.71. The molecule has 110 valence electrons. The molecule has 0 spiro atoms. The molecule has 1 atom stereocenters. The molecular weight excluding hydrogens is 335 g/mol. The number of hydrogen-bond acceptors (Lipinski definition) is 2. The molecule has 0 amide bonds. The molecule has 3 rings (SSSR count). The van der Waals surface area contributed by atoms with Crippen molar-refractivity contribution in [2.24, 2.45) is 0 Å². The van der Waals surface area contributed by atoms with Gasteiger partial charge in [0, 0.05) is 5.33 Å². The van der Waals surface area contributed by atoms with Gasteiger partial charge in [0.15, 0.2) is 11.6 Å². The van der Waals surface area contributed by atoms with E-state index in [2.05, 4.69) is 22.0 Å². The number of ether oxygens (including phenoxy) is 2. The fraction of sp³-hybridized carbons (Fsp3) is 0.294. The molecule has 0 saturated heterocycles. The van der Waals surface area contributed by atoms with Crippen LogP contribution in [0.1, 0.15) is 22.8 Å². The lowest BCUT2D eigenvalue weighted by Gasteiger charge is -2.26. The van der Waals surface area contributed by atoms with Gasteiger partial charge in [-0.25, -0.2) is 4.39 Å². The second-order valence-corrected chi connectivity index (χ2v) is 5.58. The highest BCUT2D eigenvalue weighted by Crippen LogP contribution is 2.28. The summed E-state index contributed by atoms with van der Waals surface area (Å²) in [6.07, 6.45) is 0.784. The van der Waals surface area contributed by atoms with Crippen LogP contribution in [0.5, 0.6) is 5.75 Å². The van der Waals surface area contributed by atoms with E-state index in [1.807, 2.05) is 24.3 Å². The van der Waals surface area contributed by atoms with Crippen LogP contribution in [-0.2, 0) is 16.5 Å². The van der Waals surface area contributed by atoms with E-state index in [0.29, 0.717) is 18.5 Å². The van der Waals surface area contributed by atoms with Crippen molar-refractivity contribution in [2.75, 3.05) is 13.2 Å². The molecule has 0 N–H and O–H groups in total. The first kappa shape index (κ1) is 14.5. The molecule has 0 radical (unpaired) electrons. The standard InChI is InChI=1S/C17H16BrFO2/c18-10-12-5-6-16(15(19)9-12)21-11-17-14-4-2-1-3-13(14)7-8-20-17/h1-6,9,17H,7-8,10-11H2. The lowest BCUT2D eigenvalue weighted by atomic mass is 9.98. The van der Waals surface area contributed by atoms with Gasteiger partial charge in [-0.05, 0) is 35.2 Å². The smallest absolute Gasteiger partial charge is 0.165 e. The fourth-order valence-electron chi connectivity index (χ4n) is 2.52. The van der Waals surface area contributed by atoms with Gasteiger partial charge < -0.3 is 9.47 Å². The van der Waals surface area contributed by atoms with Crippen LogP contribution in [0.25, 0.3) is 0 Å². The fourth-order valence-corrected chi connectivity index (χ4v) is 2.87. The van der Waals surface area contributed by atoms with Gasteiger partial charge >= 0.3 is 0 Å². The van der Waals surface area contributed by atoms with Crippen LogP contribution in [0.2, 0.25) is 0 Å². The Morgan fingerprint density at radius 1 is 1.24 bits per heavy atom. The van der Waals surface area contributed by atoms with Gasteiger partial charge in [-0.1, -0.05) is 46.3 Å². The highest BCUT2D eigenvalue weighted by molar-refractivity contribution is 9.08. The van der Waals surface area contributed by atoms with E-state index in [9.17, 15) is 4.39 Å². The average molecular weight is 351 g/mol. The Labute approximate surface area is 132 Å². The van der Waals surface area contributed by atoms with E-state index in [1.165, 1.54) is 11.6 Å². The summed E-state index contributed by atoms with van der Waals surface area (Å²) in [6, 6.07) is 13.2. The minimum atomic E-state index is -0.337. The minimum Gasteiger partial charge on any atom is -0.487 e. The topological polar surface area (TPSA) is 18.5 Å². The molecule has 2 aromatic rings. The van der Waals surface area contributed by atoms with Crippen molar-refractivity contribution in [1.29, 1.82) is 0 Å². The summed E-state index contributed by atoms with van der Waals surface area (Å²) in [4.78, 5) is 0. The Morgan fingerprint density at radius 3 is 2.90 bits per heavy atom. The van der Waals surface area contributed by atoms with E-state index < -0.39 is 0 Å². The van der Waals surface area contributed by atoms with Crippen LogP contribution in [0.4, 0.5) is 4.39 Å². The largest absolute Gasteiger partial charge is 0.487 e. The summed E-state index contributed by atoms with van der Waals surface area (Å²) in [5.41, 5.74) is 3.31. The number of hydrogen-bond donors (Lipinski definition) is 0. The van der Waals surface area contributed by atoms with E-state index in [4.69, 9.17) is 9.47 Å². The maximum absolute atomic E-state index is 13.9. The first-order valence-corrected chi connectivity index (χ1v) is 8.06. The SMILES string of the molecule is Fc1cc(CBr)ccc1OCC1OCCc2ccccc21. The molecule has 21 heavy (non-hydrogen) atoms. The van der Waals surface area contributed by atoms with E-state index in [0.717, 1.165) is 17.5 Å². The summed E-state index contributed by atoms with van der Waals surface area (Å²) in [6.45, 7) is 0.998. The van der Waals surface area contributed by atoms with Crippen molar-refractivity contribution in [3.8, 4) is 5.75 Å². The van der Waals surface area contributed by atoms with Gasteiger partial charge in [0.25, 0.3) is 0 Å². The molecule has 2 aromatic carbocycles. The van der Waals surface area contributed by atoms with Crippen molar-refractivity contribution in [3.05, 3.63) is 65.0 Å². The van der Waals surface area contributed by atoms with Crippen molar-refractivity contribution in [1.82, 2.24) is 0 Å². The number of rotatable bonds is 4. The third-order valence-corrected chi connectivity index (χ3v) is 4.28. The number of halogens is 2. The minimum absolute atomic E-state index is 0.134. The van der Waals surface area contributed by atoms with Crippen molar-refractivity contribution >= 4 is 15.9 Å². The third kappa shape index (κ3) is 3.27. The Kier molecular flexibility index (Phi) is 4.56. The van der Waals surface area contributed by atoms with E-state index >= 15 is 0 Å². The van der Waals surface area contributed by atoms with Crippen LogP contribution >= 0.6 is 15.9 Å². The van der Waals surface area contributed by atoms with Gasteiger partial charge in [-0.15, -0.1) is 0 Å². The zero-order valence-corrected chi connectivity index (χ0v) is 13.1. The zero-order valence-electron chi connectivity index (χ0n) is 11.5. The Bertz CT molecular complexity index is 630. The monoisotopic (exact) mass is 350 g/mol. The molecule has 0 saturated carbocycles. The summed E-state index contributed by atoms with van der Waals surface area (Å²) < 4.78 is 25.3. The lowest BCUT2D eigenvalue weighted by Crippen LogP contribution is -2.21. The normalized spacial score (nSPS) is 17.3. The van der Waals surface area contributed by atoms with Gasteiger partial charge in [0.2, 0.25) is 0 Å². The Morgan fingerprint density at radius 2 is 2.10 bits per heavy atom. The predicted molar refractivity (Wildman–Crippen MR) is 83.4 cm³/mol. The zero-order chi connectivity index (χ0) is 14.7. The van der Waals surface area contributed by atoms with E-state index in [-0.39, 0.29) is 17.7 Å². The van der Waals surface area contributed by atoms with E-state index in [1.54, 1.807) is 6.07 Å². The summed E-state index contributed by atoms with van der Waals surface area (Å²) in [5, 5.41) is 0.628. The van der Waals surface area contributed by atoms with Gasteiger partial charge in [0.1, 0.15) is 12.7 Å². The van der Waals surface area contributed by atoms with Crippen molar-refractivity contribution in [3.63, 3.8) is 0 Å². The summed E-state index contributed by atoms with van der Waals surface area (Å²) >= 11 is 3.31. The number of benzene rings is 2. The molecule has 1 heterocycles. The Hall–Kier alpha value is -1.39. The van der Waals surface area contributed by atoms with Crippen LogP contribution in [0, 0.1) is 5.82 Å².